The van der Waals surface area contributed by atoms with E-state index in [1.807, 2.05) is 6.07 Å². The molecule has 20 heavy (non-hydrogen) atoms. The minimum Gasteiger partial charge on any atom is -0.399 e. The lowest BCUT2D eigenvalue weighted by Gasteiger charge is -2.26. The van der Waals surface area contributed by atoms with Crippen LogP contribution < -0.4 is 11.1 Å². The maximum Gasteiger partial charge on any atom is 0.230 e. The van der Waals surface area contributed by atoms with Crippen LogP contribution in [0.3, 0.4) is 0 Å². The molecule has 1 aliphatic carbocycles. The predicted molar refractivity (Wildman–Crippen MR) is 86.2 cm³/mol. The van der Waals surface area contributed by atoms with E-state index in [-0.39, 0.29) is 5.91 Å². The molecule has 0 spiro atoms. The van der Waals surface area contributed by atoms with Crippen LogP contribution in [0.5, 0.6) is 0 Å². The topological polar surface area (TPSA) is 55.1 Å². The number of nitrogen functional groups attached to an aromatic ring is 1. The second-order valence-corrected chi connectivity index (χ2v) is 6.93. The molecule has 1 aromatic rings. The number of thioether (sulfide) groups is 1. The van der Waals surface area contributed by atoms with Crippen molar-refractivity contribution in [1.82, 2.24) is 5.32 Å². The van der Waals surface area contributed by atoms with Gasteiger partial charge in [-0.3, -0.25) is 4.79 Å². The summed E-state index contributed by atoms with van der Waals surface area (Å²) in [7, 11) is 0. The van der Waals surface area contributed by atoms with Gasteiger partial charge in [-0.2, -0.15) is 0 Å². The van der Waals surface area contributed by atoms with Crippen LogP contribution >= 0.6 is 23.4 Å². The third-order valence-corrected chi connectivity index (χ3v) is 5.19. The lowest BCUT2D eigenvalue weighted by Crippen LogP contribution is -2.38. The summed E-state index contributed by atoms with van der Waals surface area (Å²) in [5.41, 5.74) is 6.39. The van der Waals surface area contributed by atoms with Crippen molar-refractivity contribution >= 4 is 35.0 Å². The number of carbonyl (C=O) groups excluding carboxylic acids is 1. The molecule has 1 fully saturated rings. The second-order valence-electron chi connectivity index (χ2n) is 5.50. The lowest BCUT2D eigenvalue weighted by atomic mass is 9.87. The molecule has 3 nitrogen and oxygen atoms in total. The summed E-state index contributed by atoms with van der Waals surface area (Å²) >= 11 is 7.51. The molecule has 1 amide bonds. The van der Waals surface area contributed by atoms with Gasteiger partial charge < -0.3 is 11.1 Å². The van der Waals surface area contributed by atoms with Gasteiger partial charge in [0.25, 0.3) is 0 Å². The largest absolute Gasteiger partial charge is 0.399 e. The highest BCUT2D eigenvalue weighted by Gasteiger charge is 2.19. The van der Waals surface area contributed by atoms with Gasteiger partial charge in [0, 0.05) is 16.6 Å². The van der Waals surface area contributed by atoms with E-state index in [1.54, 1.807) is 12.1 Å². The quantitative estimate of drug-likeness (QED) is 0.658. The van der Waals surface area contributed by atoms with E-state index in [4.69, 9.17) is 17.3 Å². The smallest absolute Gasteiger partial charge is 0.230 e. The molecule has 1 saturated carbocycles. The highest BCUT2D eigenvalue weighted by Crippen LogP contribution is 2.29. The number of rotatable bonds is 4. The van der Waals surface area contributed by atoms with Crippen molar-refractivity contribution in [2.24, 2.45) is 5.92 Å². The van der Waals surface area contributed by atoms with Crippen molar-refractivity contribution in [3.8, 4) is 0 Å². The Hall–Kier alpha value is -0.870. The van der Waals surface area contributed by atoms with E-state index < -0.39 is 0 Å². The fourth-order valence-electron chi connectivity index (χ4n) is 2.45. The fraction of sp³-hybridized carbons (Fsp3) is 0.533. The molecule has 0 unspecified atom stereocenters. The van der Waals surface area contributed by atoms with Crippen LogP contribution in [-0.2, 0) is 4.79 Å². The first-order valence-corrected chi connectivity index (χ1v) is 8.38. The van der Waals surface area contributed by atoms with Gasteiger partial charge in [-0.1, -0.05) is 18.5 Å². The number of anilines is 1. The van der Waals surface area contributed by atoms with Crippen LogP contribution in [0.15, 0.2) is 23.1 Å². The Kier molecular flexibility index (Phi) is 5.61. The third kappa shape index (κ3) is 4.60. The summed E-state index contributed by atoms with van der Waals surface area (Å²) < 4.78 is 0. The molecule has 0 heterocycles. The van der Waals surface area contributed by atoms with E-state index in [1.165, 1.54) is 24.6 Å². The number of nitrogens with one attached hydrogen (secondary N) is 1. The van der Waals surface area contributed by atoms with E-state index in [9.17, 15) is 4.79 Å². The molecule has 2 rings (SSSR count). The molecule has 0 saturated heterocycles. The van der Waals surface area contributed by atoms with Crippen molar-refractivity contribution < 1.29 is 4.79 Å². The van der Waals surface area contributed by atoms with Gasteiger partial charge in [0.2, 0.25) is 5.91 Å². The fourth-order valence-corrected chi connectivity index (χ4v) is 3.52. The van der Waals surface area contributed by atoms with Crippen molar-refractivity contribution in [1.29, 1.82) is 0 Å². The zero-order valence-electron chi connectivity index (χ0n) is 11.7. The monoisotopic (exact) mass is 312 g/mol. The third-order valence-electron chi connectivity index (χ3n) is 3.69. The molecule has 3 N–H and O–H groups in total. The maximum atomic E-state index is 12.0. The first kappa shape index (κ1) is 15.5. The van der Waals surface area contributed by atoms with Gasteiger partial charge >= 0.3 is 0 Å². The highest BCUT2D eigenvalue weighted by atomic mass is 35.5. The SMILES string of the molecule is CC1CCC(NC(=O)CSc2cc(N)ccc2Cl)CC1. The maximum absolute atomic E-state index is 12.0. The van der Waals surface area contributed by atoms with Gasteiger partial charge in [0.1, 0.15) is 0 Å². The van der Waals surface area contributed by atoms with E-state index in [0.717, 1.165) is 23.7 Å². The summed E-state index contributed by atoms with van der Waals surface area (Å²) in [6.07, 6.45) is 4.60. The predicted octanol–water partition coefficient (Wildman–Crippen LogP) is 3.71. The van der Waals surface area contributed by atoms with Gasteiger partial charge in [0.15, 0.2) is 0 Å². The van der Waals surface area contributed by atoms with E-state index in [0.29, 0.717) is 22.5 Å². The number of benzene rings is 1. The molecular formula is C15H21ClN2OS. The minimum atomic E-state index is 0.0769. The van der Waals surface area contributed by atoms with Crippen LogP contribution in [0, 0.1) is 5.92 Å². The summed E-state index contributed by atoms with van der Waals surface area (Å²) in [6, 6.07) is 5.67. The summed E-state index contributed by atoms with van der Waals surface area (Å²) in [4.78, 5) is 12.8. The average molecular weight is 313 g/mol. The minimum absolute atomic E-state index is 0.0769. The number of halogens is 1. The summed E-state index contributed by atoms with van der Waals surface area (Å²) in [5.74, 6) is 1.26. The molecule has 1 aliphatic rings. The van der Waals surface area contributed by atoms with Crippen LogP contribution in [0.4, 0.5) is 5.69 Å². The Labute approximate surface area is 129 Å². The van der Waals surface area contributed by atoms with Gasteiger partial charge in [-0.25, -0.2) is 0 Å². The normalized spacial score (nSPS) is 22.5. The van der Waals surface area contributed by atoms with Crippen LogP contribution in [0.25, 0.3) is 0 Å². The van der Waals surface area contributed by atoms with Crippen LogP contribution in [0.1, 0.15) is 32.6 Å². The zero-order valence-corrected chi connectivity index (χ0v) is 13.3. The molecular weight excluding hydrogens is 292 g/mol. The number of amides is 1. The van der Waals surface area contributed by atoms with Crippen molar-refractivity contribution in [2.75, 3.05) is 11.5 Å². The highest BCUT2D eigenvalue weighted by molar-refractivity contribution is 8.00. The Balaban J connectivity index is 1.79. The Bertz CT molecular complexity index is 473. The van der Waals surface area contributed by atoms with Crippen molar-refractivity contribution in [3.63, 3.8) is 0 Å². The standard InChI is InChI=1S/C15H21ClN2OS/c1-10-2-5-12(6-3-10)18-15(19)9-20-14-8-11(17)4-7-13(14)16/h4,7-8,10,12H,2-3,5-6,9,17H2,1H3,(H,18,19). The molecule has 0 aromatic heterocycles. The van der Waals surface area contributed by atoms with Crippen LogP contribution in [0.2, 0.25) is 5.02 Å². The zero-order chi connectivity index (χ0) is 14.5. The Morgan fingerprint density at radius 2 is 2.10 bits per heavy atom. The number of hydrogen-bond donors (Lipinski definition) is 2. The molecule has 5 heteroatoms. The first-order chi connectivity index (χ1) is 9.54. The first-order valence-electron chi connectivity index (χ1n) is 7.02. The summed E-state index contributed by atoms with van der Waals surface area (Å²) in [6.45, 7) is 2.27. The molecule has 0 atom stereocenters. The van der Waals surface area contributed by atoms with Crippen molar-refractivity contribution in [2.45, 2.75) is 43.5 Å². The number of nitrogens with two attached hydrogens (primary N) is 1. The van der Waals surface area contributed by atoms with Gasteiger partial charge in [-0.15, -0.1) is 11.8 Å². The number of hydrogen-bond acceptors (Lipinski definition) is 3. The van der Waals surface area contributed by atoms with Crippen molar-refractivity contribution in [3.05, 3.63) is 23.2 Å². The Morgan fingerprint density at radius 1 is 1.40 bits per heavy atom. The summed E-state index contributed by atoms with van der Waals surface area (Å²) in [5, 5.41) is 3.75. The van der Waals surface area contributed by atoms with Gasteiger partial charge in [0.05, 0.1) is 10.8 Å². The van der Waals surface area contributed by atoms with E-state index >= 15 is 0 Å². The average Bonchev–Trinajstić information content (AvgIpc) is 2.42. The van der Waals surface area contributed by atoms with E-state index in [2.05, 4.69) is 12.2 Å². The molecule has 110 valence electrons. The van der Waals surface area contributed by atoms with Gasteiger partial charge in [-0.05, 0) is 49.8 Å². The molecule has 0 radical (unpaired) electrons. The van der Waals surface area contributed by atoms with Crippen LogP contribution in [-0.4, -0.2) is 17.7 Å². The Morgan fingerprint density at radius 3 is 2.80 bits per heavy atom. The molecule has 0 bridgehead atoms. The second kappa shape index (κ2) is 7.23. The number of carbonyl (C=O) groups is 1. The lowest BCUT2D eigenvalue weighted by molar-refractivity contribution is -0.119. The molecule has 1 aromatic carbocycles. The molecule has 0 aliphatic heterocycles.